The minimum Gasteiger partial charge on any atom is -0.459 e. The standard InChI is InChI=1S/C34H59NO10/c1-11-24-34(10,45-32(7,8)43-24)29-22(6)27-18(2)17-33(9,44-27)28(20(4)25(36)21(5)30(38)41-29)42-31-26(37)23(16-19(3)40-31)35-12-14-39-15-13-35/h18-29,31,36-37H,11-17H2,1-10H3/t18?,19?,20-,21+,22-,23?,24+,25-,26?,27?,28+,29+,31-,33?,34+/m0/s1. The van der Waals surface area contributed by atoms with Crippen LogP contribution in [-0.2, 0) is 38.0 Å². The second-order valence-electron chi connectivity index (χ2n) is 15.4. The average Bonchev–Trinajstić information content (AvgIpc) is 3.44. The summed E-state index contributed by atoms with van der Waals surface area (Å²) in [5.41, 5.74) is -1.77. The van der Waals surface area contributed by atoms with Gasteiger partial charge in [0, 0.05) is 31.0 Å². The molecule has 0 spiro atoms. The van der Waals surface area contributed by atoms with E-state index < -0.39 is 65.5 Å². The SMILES string of the molecule is CC[C@H]1OC(C)(C)O[C@@]1(C)[C@@H]1OC(=O)[C@H](C)[C@@H](O)[C@H](C)[C@@H](O[C@@H]2OC(C)CC(N3CCOCC3)C2O)C2(C)CC(C)C(O2)[C@@H]1C. The lowest BCUT2D eigenvalue weighted by Crippen LogP contribution is -2.61. The van der Waals surface area contributed by atoms with E-state index in [1.807, 2.05) is 48.5 Å². The molecule has 0 aromatic carbocycles. The number of aliphatic hydroxyl groups is 2. The molecule has 5 fully saturated rings. The second-order valence-corrected chi connectivity index (χ2v) is 15.4. The zero-order chi connectivity index (χ0) is 33.1. The molecule has 45 heavy (non-hydrogen) atoms. The molecule has 5 aliphatic rings. The molecule has 5 heterocycles. The lowest BCUT2D eigenvalue weighted by Gasteiger charge is -2.48. The molecule has 2 bridgehead atoms. The monoisotopic (exact) mass is 641 g/mol. The van der Waals surface area contributed by atoms with Gasteiger partial charge in [0.25, 0.3) is 0 Å². The Morgan fingerprint density at radius 3 is 2.27 bits per heavy atom. The number of fused-ring (bicyclic) bond motifs is 2. The Morgan fingerprint density at radius 2 is 1.62 bits per heavy atom. The van der Waals surface area contributed by atoms with E-state index in [0.717, 1.165) is 13.1 Å². The van der Waals surface area contributed by atoms with Gasteiger partial charge in [-0.1, -0.05) is 27.7 Å². The van der Waals surface area contributed by atoms with Crippen molar-refractivity contribution in [1.82, 2.24) is 4.90 Å². The van der Waals surface area contributed by atoms with Crippen LogP contribution in [0.15, 0.2) is 0 Å². The smallest absolute Gasteiger partial charge is 0.311 e. The topological polar surface area (TPSA) is 125 Å². The summed E-state index contributed by atoms with van der Waals surface area (Å²) in [7, 11) is 0. The van der Waals surface area contributed by atoms with E-state index >= 15 is 0 Å². The van der Waals surface area contributed by atoms with Crippen LogP contribution in [0.2, 0.25) is 0 Å². The maximum Gasteiger partial charge on any atom is 0.311 e. The molecule has 5 rings (SSSR count). The number of carbonyl (C=O) groups excluding carboxylic acids is 1. The van der Waals surface area contributed by atoms with E-state index in [1.165, 1.54) is 0 Å². The molecule has 2 N–H and O–H groups in total. The molecule has 11 heteroatoms. The van der Waals surface area contributed by atoms with Crippen LogP contribution in [0.25, 0.3) is 0 Å². The van der Waals surface area contributed by atoms with E-state index in [4.69, 9.17) is 33.2 Å². The minimum absolute atomic E-state index is 0.0784. The fourth-order valence-electron chi connectivity index (χ4n) is 9.15. The second kappa shape index (κ2) is 13.2. The lowest BCUT2D eigenvalue weighted by molar-refractivity contribution is -0.303. The predicted octanol–water partition coefficient (Wildman–Crippen LogP) is 3.27. The van der Waals surface area contributed by atoms with Gasteiger partial charge in [-0.25, -0.2) is 0 Å². The minimum atomic E-state index is -1.11. The summed E-state index contributed by atoms with van der Waals surface area (Å²) in [6.45, 7) is 22.3. The Kier molecular flexibility index (Phi) is 10.4. The van der Waals surface area contributed by atoms with Crippen molar-refractivity contribution in [2.75, 3.05) is 26.3 Å². The number of rotatable bonds is 5. The van der Waals surface area contributed by atoms with Gasteiger partial charge in [-0.05, 0) is 66.7 Å². The molecule has 0 saturated carbocycles. The molecule has 0 aromatic heterocycles. The molecule has 0 amide bonds. The molecule has 11 nitrogen and oxygen atoms in total. The summed E-state index contributed by atoms with van der Waals surface area (Å²) >= 11 is 0. The van der Waals surface area contributed by atoms with Gasteiger partial charge in [-0.3, -0.25) is 9.69 Å². The molecule has 0 aromatic rings. The van der Waals surface area contributed by atoms with Crippen LogP contribution in [0.5, 0.6) is 0 Å². The van der Waals surface area contributed by atoms with E-state index in [2.05, 4.69) is 18.7 Å². The van der Waals surface area contributed by atoms with Crippen LogP contribution in [0, 0.1) is 23.7 Å². The molecule has 0 radical (unpaired) electrons. The average molecular weight is 642 g/mol. The number of hydrogen-bond acceptors (Lipinski definition) is 11. The molecule has 5 aliphatic heterocycles. The first-order valence-corrected chi connectivity index (χ1v) is 17.3. The maximum absolute atomic E-state index is 13.8. The van der Waals surface area contributed by atoms with Crippen LogP contribution >= 0.6 is 0 Å². The maximum atomic E-state index is 13.8. The predicted molar refractivity (Wildman–Crippen MR) is 165 cm³/mol. The molecule has 6 unspecified atom stereocenters. The van der Waals surface area contributed by atoms with Crippen molar-refractivity contribution >= 4 is 5.97 Å². The number of hydrogen-bond donors (Lipinski definition) is 2. The van der Waals surface area contributed by atoms with Crippen molar-refractivity contribution < 1.29 is 48.2 Å². The van der Waals surface area contributed by atoms with E-state index in [1.54, 1.807) is 6.92 Å². The van der Waals surface area contributed by atoms with Gasteiger partial charge in [-0.2, -0.15) is 0 Å². The van der Waals surface area contributed by atoms with Crippen LogP contribution in [-0.4, -0.2) is 119 Å². The Labute approximate surface area is 269 Å². The van der Waals surface area contributed by atoms with Gasteiger partial charge in [0.15, 0.2) is 12.1 Å². The van der Waals surface area contributed by atoms with Crippen molar-refractivity contribution in [3.63, 3.8) is 0 Å². The zero-order valence-corrected chi connectivity index (χ0v) is 29.1. The fraction of sp³-hybridized carbons (Fsp3) is 0.971. The first-order chi connectivity index (χ1) is 21.0. The van der Waals surface area contributed by atoms with Gasteiger partial charge in [-0.15, -0.1) is 0 Å². The summed E-state index contributed by atoms with van der Waals surface area (Å²) < 4.78 is 44.8. The van der Waals surface area contributed by atoms with Crippen LogP contribution in [0.1, 0.15) is 88.5 Å². The highest BCUT2D eigenvalue weighted by atomic mass is 16.8. The molecular weight excluding hydrogens is 582 g/mol. The summed E-state index contributed by atoms with van der Waals surface area (Å²) in [5, 5.41) is 23.4. The Hall–Kier alpha value is -0.890. The van der Waals surface area contributed by atoms with Crippen molar-refractivity contribution in [2.45, 2.75) is 161 Å². The number of ether oxygens (including phenoxy) is 7. The lowest BCUT2D eigenvalue weighted by atomic mass is 9.76. The fourth-order valence-corrected chi connectivity index (χ4v) is 9.15. The summed E-state index contributed by atoms with van der Waals surface area (Å²) in [6, 6.07) is -0.144. The summed E-state index contributed by atoms with van der Waals surface area (Å²) in [5.74, 6) is -2.93. The van der Waals surface area contributed by atoms with Crippen LogP contribution in [0.4, 0.5) is 0 Å². The van der Waals surface area contributed by atoms with Crippen molar-refractivity contribution in [2.24, 2.45) is 23.7 Å². The number of aliphatic hydroxyl groups excluding tert-OH is 2. The Bertz CT molecular complexity index is 1040. The van der Waals surface area contributed by atoms with Gasteiger partial charge < -0.3 is 43.4 Å². The highest BCUT2D eigenvalue weighted by Crippen LogP contribution is 2.50. The molecule has 5 saturated heterocycles. The van der Waals surface area contributed by atoms with Gasteiger partial charge in [0.1, 0.15) is 17.8 Å². The van der Waals surface area contributed by atoms with Gasteiger partial charge >= 0.3 is 5.97 Å². The van der Waals surface area contributed by atoms with Gasteiger partial charge in [0.2, 0.25) is 0 Å². The molecule has 260 valence electrons. The van der Waals surface area contributed by atoms with Gasteiger partial charge in [0.05, 0.1) is 55.3 Å². The summed E-state index contributed by atoms with van der Waals surface area (Å²) in [6.07, 6.45) is -3.03. The first kappa shape index (κ1) is 35.4. The van der Waals surface area contributed by atoms with E-state index in [-0.39, 0.29) is 36.2 Å². The highest BCUT2D eigenvalue weighted by molar-refractivity contribution is 5.73. The molecule has 15 atom stereocenters. The Morgan fingerprint density at radius 1 is 0.956 bits per heavy atom. The van der Waals surface area contributed by atoms with Crippen molar-refractivity contribution in [3.8, 4) is 0 Å². The van der Waals surface area contributed by atoms with Crippen molar-refractivity contribution in [3.05, 3.63) is 0 Å². The number of esters is 1. The zero-order valence-electron chi connectivity index (χ0n) is 29.1. The molecule has 0 aliphatic carbocycles. The summed E-state index contributed by atoms with van der Waals surface area (Å²) in [4.78, 5) is 16.1. The number of nitrogens with zero attached hydrogens (tertiary/aromatic N) is 1. The number of cyclic esters (lactones) is 1. The normalized spacial score (nSPS) is 51.5. The third kappa shape index (κ3) is 6.72. The third-order valence-corrected chi connectivity index (χ3v) is 11.3. The van der Waals surface area contributed by atoms with E-state index in [0.29, 0.717) is 32.5 Å². The quantitative estimate of drug-likeness (QED) is 0.430. The third-order valence-electron chi connectivity index (χ3n) is 11.3. The van der Waals surface area contributed by atoms with Crippen molar-refractivity contribution in [1.29, 1.82) is 0 Å². The largest absolute Gasteiger partial charge is 0.459 e. The first-order valence-electron chi connectivity index (χ1n) is 17.3. The number of carbonyl (C=O) groups is 1. The van der Waals surface area contributed by atoms with E-state index in [9.17, 15) is 15.0 Å². The Balaban J connectivity index is 1.48. The van der Waals surface area contributed by atoms with Crippen LogP contribution in [0.3, 0.4) is 0 Å². The highest BCUT2D eigenvalue weighted by Gasteiger charge is 2.61. The van der Waals surface area contributed by atoms with Crippen LogP contribution < -0.4 is 0 Å². The number of morpholine rings is 1. The molecular formula is C34H59NO10.